The number of hydrogen-bond donors (Lipinski definition) is 2. The first kappa shape index (κ1) is 15.3. The second-order valence-electron chi connectivity index (χ2n) is 5.80. The van der Waals surface area contributed by atoms with Gasteiger partial charge < -0.3 is 10.6 Å². The molecule has 0 saturated heterocycles. The van der Waals surface area contributed by atoms with Crippen LogP contribution >= 0.6 is 12.4 Å². The molecule has 1 aliphatic heterocycles. The minimum Gasteiger partial charge on any atom is -0.354 e. The van der Waals surface area contributed by atoms with E-state index in [1.165, 1.54) is 36.8 Å². The summed E-state index contributed by atoms with van der Waals surface area (Å²) in [6.07, 6.45) is 6.03. The monoisotopic (exact) mass is 294 g/mol. The summed E-state index contributed by atoms with van der Waals surface area (Å²) in [5, 5.41) is 6.46. The van der Waals surface area contributed by atoms with Crippen molar-refractivity contribution in [1.29, 1.82) is 0 Å². The van der Waals surface area contributed by atoms with Gasteiger partial charge in [0.25, 0.3) is 0 Å². The first-order chi connectivity index (χ1) is 9.33. The summed E-state index contributed by atoms with van der Waals surface area (Å²) in [6, 6.07) is 8.32. The van der Waals surface area contributed by atoms with Gasteiger partial charge in [0.1, 0.15) is 0 Å². The molecular formula is C16H23ClN2O. The Hall–Kier alpha value is -1.06. The minimum atomic E-state index is -0.0590. The quantitative estimate of drug-likeness (QED) is 0.899. The van der Waals surface area contributed by atoms with Gasteiger partial charge in [-0.2, -0.15) is 0 Å². The highest BCUT2D eigenvalue weighted by Crippen LogP contribution is 2.23. The number of carbonyl (C=O) groups is 1. The van der Waals surface area contributed by atoms with Crippen LogP contribution in [0.25, 0.3) is 0 Å². The Kier molecular flexibility index (Phi) is 5.44. The van der Waals surface area contributed by atoms with E-state index >= 15 is 0 Å². The standard InChI is InChI=1S/C16H22N2O.ClH/c19-16(18-10-12-5-1-2-6-12)15-9-13-7-3-4-8-14(13)11-17-15;/h3-4,7-8,12,15,17H,1-2,5-6,9-11H2,(H,18,19);1H. The second kappa shape index (κ2) is 7.09. The molecule has 0 aromatic heterocycles. The van der Waals surface area contributed by atoms with Gasteiger partial charge in [-0.1, -0.05) is 37.1 Å². The molecule has 1 saturated carbocycles. The fourth-order valence-electron chi connectivity index (χ4n) is 3.22. The predicted octanol–water partition coefficient (Wildman–Crippen LogP) is 2.43. The maximum Gasteiger partial charge on any atom is 0.237 e. The van der Waals surface area contributed by atoms with Crippen molar-refractivity contribution in [2.24, 2.45) is 5.92 Å². The van der Waals surface area contributed by atoms with Crippen LogP contribution in [0.4, 0.5) is 0 Å². The van der Waals surface area contributed by atoms with Crippen molar-refractivity contribution >= 4 is 18.3 Å². The van der Waals surface area contributed by atoms with Crippen LogP contribution in [0.1, 0.15) is 36.8 Å². The van der Waals surface area contributed by atoms with E-state index in [-0.39, 0.29) is 24.4 Å². The van der Waals surface area contributed by atoms with Gasteiger partial charge in [0.05, 0.1) is 6.04 Å². The summed E-state index contributed by atoms with van der Waals surface area (Å²) in [5.41, 5.74) is 2.63. The summed E-state index contributed by atoms with van der Waals surface area (Å²) in [4.78, 5) is 12.2. The van der Waals surface area contributed by atoms with Crippen LogP contribution in [0.15, 0.2) is 24.3 Å². The molecule has 2 aliphatic rings. The molecule has 3 rings (SSSR count). The van der Waals surface area contributed by atoms with Gasteiger partial charge in [0.2, 0.25) is 5.91 Å². The number of carbonyl (C=O) groups excluding carboxylic acids is 1. The summed E-state index contributed by atoms with van der Waals surface area (Å²) in [5.74, 6) is 0.876. The topological polar surface area (TPSA) is 41.1 Å². The molecule has 20 heavy (non-hydrogen) atoms. The molecule has 1 aromatic carbocycles. The van der Waals surface area contributed by atoms with Gasteiger partial charge in [-0.25, -0.2) is 0 Å². The van der Waals surface area contributed by atoms with Crippen LogP contribution in [0.3, 0.4) is 0 Å². The number of hydrogen-bond acceptors (Lipinski definition) is 2. The molecule has 110 valence electrons. The third-order valence-electron chi connectivity index (χ3n) is 4.44. The molecule has 4 heteroatoms. The van der Waals surface area contributed by atoms with E-state index in [2.05, 4.69) is 34.9 Å². The van der Waals surface area contributed by atoms with E-state index in [1.807, 2.05) is 0 Å². The summed E-state index contributed by atoms with van der Waals surface area (Å²) < 4.78 is 0. The molecular weight excluding hydrogens is 272 g/mol. The fourth-order valence-corrected chi connectivity index (χ4v) is 3.22. The number of amides is 1. The largest absolute Gasteiger partial charge is 0.354 e. The molecule has 1 unspecified atom stereocenters. The average Bonchev–Trinajstić information content (AvgIpc) is 2.97. The Balaban J connectivity index is 0.00000147. The van der Waals surface area contributed by atoms with Crippen LogP contribution in [0.2, 0.25) is 0 Å². The molecule has 1 fully saturated rings. The highest BCUT2D eigenvalue weighted by molar-refractivity contribution is 5.85. The molecule has 3 nitrogen and oxygen atoms in total. The van der Waals surface area contributed by atoms with Crippen molar-refractivity contribution in [2.45, 2.75) is 44.7 Å². The van der Waals surface area contributed by atoms with Crippen LogP contribution in [-0.2, 0) is 17.8 Å². The van der Waals surface area contributed by atoms with Crippen molar-refractivity contribution in [1.82, 2.24) is 10.6 Å². The van der Waals surface area contributed by atoms with E-state index in [1.54, 1.807) is 0 Å². The van der Waals surface area contributed by atoms with Gasteiger partial charge >= 0.3 is 0 Å². The molecule has 1 aromatic rings. The van der Waals surface area contributed by atoms with Crippen molar-refractivity contribution < 1.29 is 4.79 Å². The third-order valence-corrected chi connectivity index (χ3v) is 4.44. The summed E-state index contributed by atoms with van der Waals surface area (Å²) >= 11 is 0. The molecule has 2 N–H and O–H groups in total. The predicted molar refractivity (Wildman–Crippen MR) is 83.0 cm³/mol. The van der Waals surface area contributed by atoms with Crippen LogP contribution in [0, 0.1) is 5.92 Å². The molecule has 1 amide bonds. The lowest BCUT2D eigenvalue weighted by atomic mass is 9.95. The first-order valence-electron chi connectivity index (χ1n) is 7.41. The number of benzene rings is 1. The minimum absolute atomic E-state index is 0. The van der Waals surface area contributed by atoms with E-state index in [0.29, 0.717) is 5.92 Å². The number of fused-ring (bicyclic) bond motifs is 1. The van der Waals surface area contributed by atoms with E-state index < -0.39 is 0 Å². The molecule has 1 aliphatic carbocycles. The Morgan fingerprint density at radius 3 is 2.65 bits per heavy atom. The lowest BCUT2D eigenvalue weighted by molar-refractivity contribution is -0.123. The maximum atomic E-state index is 12.2. The zero-order valence-corrected chi connectivity index (χ0v) is 12.5. The highest BCUT2D eigenvalue weighted by Gasteiger charge is 2.24. The Bertz CT molecular complexity index is 458. The molecule has 0 radical (unpaired) electrons. The van der Waals surface area contributed by atoms with Crippen molar-refractivity contribution in [2.75, 3.05) is 6.54 Å². The van der Waals surface area contributed by atoms with Crippen LogP contribution < -0.4 is 10.6 Å². The molecule has 1 heterocycles. The van der Waals surface area contributed by atoms with E-state index in [4.69, 9.17) is 0 Å². The van der Waals surface area contributed by atoms with Crippen LogP contribution in [-0.4, -0.2) is 18.5 Å². The Labute approximate surface area is 126 Å². The molecule has 0 bridgehead atoms. The highest BCUT2D eigenvalue weighted by atomic mass is 35.5. The van der Waals surface area contributed by atoms with Gasteiger partial charge in [0.15, 0.2) is 0 Å². The SMILES string of the molecule is Cl.O=C(NCC1CCCC1)C1Cc2ccccc2CN1. The Morgan fingerprint density at radius 1 is 1.20 bits per heavy atom. The summed E-state index contributed by atoms with van der Waals surface area (Å²) in [6.45, 7) is 1.66. The van der Waals surface area contributed by atoms with E-state index in [9.17, 15) is 4.79 Å². The van der Waals surface area contributed by atoms with Gasteiger partial charge in [0, 0.05) is 13.1 Å². The average molecular weight is 295 g/mol. The van der Waals surface area contributed by atoms with Crippen molar-refractivity contribution in [3.8, 4) is 0 Å². The molecule has 1 atom stereocenters. The molecule has 0 spiro atoms. The fraction of sp³-hybridized carbons (Fsp3) is 0.562. The van der Waals surface area contributed by atoms with Crippen molar-refractivity contribution in [3.63, 3.8) is 0 Å². The normalized spacial score (nSPS) is 21.9. The van der Waals surface area contributed by atoms with Gasteiger partial charge in [-0.15, -0.1) is 12.4 Å². The third kappa shape index (κ3) is 3.53. The van der Waals surface area contributed by atoms with Crippen LogP contribution in [0.5, 0.6) is 0 Å². The number of halogens is 1. The zero-order chi connectivity index (χ0) is 13.1. The Morgan fingerprint density at radius 2 is 1.90 bits per heavy atom. The number of rotatable bonds is 3. The van der Waals surface area contributed by atoms with E-state index in [0.717, 1.165) is 19.5 Å². The first-order valence-corrected chi connectivity index (χ1v) is 7.41. The lowest BCUT2D eigenvalue weighted by Gasteiger charge is -2.25. The van der Waals surface area contributed by atoms with Gasteiger partial charge in [-0.05, 0) is 36.3 Å². The lowest BCUT2D eigenvalue weighted by Crippen LogP contribution is -2.48. The number of nitrogens with one attached hydrogen (secondary N) is 2. The summed E-state index contributed by atoms with van der Waals surface area (Å²) in [7, 11) is 0. The smallest absolute Gasteiger partial charge is 0.237 e. The van der Waals surface area contributed by atoms with Crippen molar-refractivity contribution in [3.05, 3.63) is 35.4 Å². The maximum absolute atomic E-state index is 12.2. The van der Waals surface area contributed by atoms with Gasteiger partial charge in [-0.3, -0.25) is 4.79 Å². The zero-order valence-electron chi connectivity index (χ0n) is 11.7. The second-order valence-corrected chi connectivity index (χ2v) is 5.80.